The fraction of sp³-hybridized carbons (Fsp3) is 0.417. The number of benzene rings is 1. The first-order valence-corrected chi connectivity index (χ1v) is 11.9. The molecule has 2 aliphatic heterocycles. The first kappa shape index (κ1) is 22.2. The Kier molecular flexibility index (Phi) is 6.41. The van der Waals surface area contributed by atoms with E-state index in [4.69, 9.17) is 0 Å². The predicted molar refractivity (Wildman–Crippen MR) is 122 cm³/mol. The summed E-state index contributed by atoms with van der Waals surface area (Å²) in [5, 5.41) is 7.29. The van der Waals surface area contributed by atoms with Gasteiger partial charge in [-0.1, -0.05) is 25.1 Å². The van der Waals surface area contributed by atoms with Crippen LogP contribution in [0.15, 0.2) is 41.8 Å². The molecule has 7 nitrogen and oxygen atoms in total. The molecule has 0 radical (unpaired) electrons. The van der Waals surface area contributed by atoms with Crippen LogP contribution in [0.1, 0.15) is 54.3 Å². The molecule has 0 bridgehead atoms. The summed E-state index contributed by atoms with van der Waals surface area (Å²) in [5.41, 5.74) is 0.773. The highest BCUT2D eigenvalue weighted by Gasteiger charge is 2.42. The summed E-state index contributed by atoms with van der Waals surface area (Å²) in [6, 6.07) is 11.0. The largest absolute Gasteiger partial charge is 0.337 e. The van der Waals surface area contributed by atoms with E-state index in [1.165, 1.54) is 11.3 Å². The van der Waals surface area contributed by atoms with Crippen LogP contribution in [-0.4, -0.2) is 41.6 Å². The molecular formula is C24H27N3O4S. The summed E-state index contributed by atoms with van der Waals surface area (Å²) in [4.78, 5) is 52.1. The number of carbonyl (C=O) groups is 4. The summed E-state index contributed by atoms with van der Waals surface area (Å²) in [6.07, 6.45) is 2.93. The van der Waals surface area contributed by atoms with Crippen LogP contribution >= 0.6 is 11.3 Å². The van der Waals surface area contributed by atoms with Crippen LogP contribution < -0.4 is 10.6 Å². The molecule has 0 aliphatic carbocycles. The summed E-state index contributed by atoms with van der Waals surface area (Å²) in [7, 11) is 0. The van der Waals surface area contributed by atoms with Gasteiger partial charge >= 0.3 is 0 Å². The molecule has 2 saturated heterocycles. The molecule has 2 fully saturated rings. The van der Waals surface area contributed by atoms with Gasteiger partial charge in [-0.05, 0) is 54.8 Å². The van der Waals surface area contributed by atoms with Crippen LogP contribution in [0.3, 0.4) is 0 Å². The maximum Gasteiger partial charge on any atom is 0.263 e. The van der Waals surface area contributed by atoms with Gasteiger partial charge in [0.1, 0.15) is 0 Å². The van der Waals surface area contributed by atoms with Crippen molar-refractivity contribution in [3.63, 3.8) is 0 Å². The maximum absolute atomic E-state index is 12.9. The fourth-order valence-electron chi connectivity index (χ4n) is 4.61. The number of amides is 4. The van der Waals surface area contributed by atoms with Crippen molar-refractivity contribution in [2.75, 3.05) is 18.4 Å². The second-order valence-electron chi connectivity index (χ2n) is 8.45. The molecule has 2 aromatic rings. The average molecular weight is 454 g/mol. The molecule has 4 amide bonds. The number of hydrogen-bond acceptors (Lipinski definition) is 5. The van der Waals surface area contributed by atoms with Crippen LogP contribution in [-0.2, 0) is 19.8 Å². The third-order valence-electron chi connectivity index (χ3n) is 6.59. The lowest BCUT2D eigenvalue weighted by atomic mass is 9.72. The van der Waals surface area contributed by atoms with E-state index in [9.17, 15) is 19.2 Å². The lowest BCUT2D eigenvalue weighted by Crippen LogP contribution is -2.51. The van der Waals surface area contributed by atoms with Crippen molar-refractivity contribution in [1.29, 1.82) is 0 Å². The Labute approximate surface area is 191 Å². The van der Waals surface area contributed by atoms with Gasteiger partial charge in [-0.25, -0.2) is 0 Å². The van der Waals surface area contributed by atoms with Gasteiger partial charge in [-0.15, -0.1) is 11.3 Å². The second-order valence-corrected chi connectivity index (χ2v) is 9.39. The number of rotatable bonds is 5. The third-order valence-corrected chi connectivity index (χ3v) is 7.44. The number of anilines is 1. The third kappa shape index (κ3) is 4.32. The number of likely N-dealkylation sites (tertiary alicyclic amines) is 1. The standard InChI is InChI=1S/C24H27N3O4S/c1-2-24(12-11-20(28)26-23(24)31)17-7-9-18(10-8-17)25-21(29)16-5-3-13-27(15-16)22(30)19-6-4-14-32-19/h4,6-10,14,16H,2-3,5,11-13,15H2,1H3,(H,25,29)(H,26,28,31). The molecule has 0 saturated carbocycles. The summed E-state index contributed by atoms with van der Waals surface area (Å²) in [6.45, 7) is 3.02. The van der Waals surface area contributed by atoms with Gasteiger partial charge in [0.15, 0.2) is 0 Å². The molecule has 1 aromatic heterocycles. The Bertz CT molecular complexity index is 1020. The van der Waals surface area contributed by atoms with E-state index in [1.54, 1.807) is 17.0 Å². The van der Waals surface area contributed by atoms with Crippen LogP contribution in [0.2, 0.25) is 0 Å². The van der Waals surface area contributed by atoms with Gasteiger partial charge in [-0.3, -0.25) is 24.5 Å². The van der Waals surface area contributed by atoms with E-state index in [1.807, 2.05) is 36.6 Å². The van der Waals surface area contributed by atoms with Crippen molar-refractivity contribution < 1.29 is 19.2 Å². The van der Waals surface area contributed by atoms with Gasteiger partial charge in [0, 0.05) is 25.2 Å². The van der Waals surface area contributed by atoms with E-state index in [-0.39, 0.29) is 29.5 Å². The predicted octanol–water partition coefficient (Wildman–Crippen LogP) is 3.32. The minimum Gasteiger partial charge on any atom is -0.337 e. The number of thiophene rings is 1. The summed E-state index contributed by atoms with van der Waals surface area (Å²) in [5.74, 6) is -0.874. The molecule has 168 valence electrons. The first-order valence-electron chi connectivity index (χ1n) is 11.0. The molecule has 8 heteroatoms. The van der Waals surface area contributed by atoms with Crippen molar-refractivity contribution in [1.82, 2.24) is 10.2 Å². The molecule has 2 unspecified atom stereocenters. The van der Waals surface area contributed by atoms with Crippen LogP contribution in [0.4, 0.5) is 5.69 Å². The Hall–Kier alpha value is -3.00. The van der Waals surface area contributed by atoms with Crippen molar-refractivity contribution in [3.05, 3.63) is 52.2 Å². The second kappa shape index (κ2) is 9.24. The van der Waals surface area contributed by atoms with Crippen LogP contribution in [0, 0.1) is 5.92 Å². The first-order chi connectivity index (χ1) is 15.4. The number of imide groups is 1. The summed E-state index contributed by atoms with van der Waals surface area (Å²) < 4.78 is 0. The Morgan fingerprint density at radius 1 is 1.22 bits per heavy atom. The minimum atomic E-state index is -0.720. The Balaban J connectivity index is 1.41. The van der Waals surface area contributed by atoms with E-state index in [0.717, 1.165) is 18.4 Å². The average Bonchev–Trinajstić information content (AvgIpc) is 3.35. The van der Waals surface area contributed by atoms with Crippen LogP contribution in [0.5, 0.6) is 0 Å². The molecule has 0 spiro atoms. The number of nitrogens with one attached hydrogen (secondary N) is 2. The van der Waals surface area contributed by atoms with E-state index >= 15 is 0 Å². The van der Waals surface area contributed by atoms with Gasteiger partial charge in [0.05, 0.1) is 16.2 Å². The molecule has 4 rings (SSSR count). The smallest absolute Gasteiger partial charge is 0.263 e. The van der Waals surface area contributed by atoms with E-state index in [0.29, 0.717) is 42.9 Å². The Morgan fingerprint density at radius 2 is 2.00 bits per heavy atom. The van der Waals surface area contributed by atoms with Gasteiger partial charge < -0.3 is 10.2 Å². The quantitative estimate of drug-likeness (QED) is 0.679. The molecule has 2 atom stereocenters. The molecule has 32 heavy (non-hydrogen) atoms. The molecule has 2 N–H and O–H groups in total. The minimum absolute atomic E-state index is 0.0176. The van der Waals surface area contributed by atoms with Gasteiger partial charge in [0.2, 0.25) is 17.7 Å². The van der Waals surface area contributed by atoms with Crippen molar-refractivity contribution in [3.8, 4) is 0 Å². The zero-order valence-electron chi connectivity index (χ0n) is 18.1. The Morgan fingerprint density at radius 3 is 2.66 bits per heavy atom. The van der Waals surface area contributed by atoms with Gasteiger partial charge in [-0.2, -0.15) is 0 Å². The number of nitrogens with zero attached hydrogens (tertiary/aromatic N) is 1. The monoisotopic (exact) mass is 453 g/mol. The van der Waals surface area contributed by atoms with E-state index in [2.05, 4.69) is 10.6 Å². The van der Waals surface area contributed by atoms with Crippen molar-refractivity contribution in [2.45, 2.75) is 44.4 Å². The molecule has 1 aromatic carbocycles. The molecule has 2 aliphatic rings. The van der Waals surface area contributed by atoms with E-state index < -0.39 is 5.41 Å². The normalized spacial score (nSPS) is 23.5. The van der Waals surface area contributed by atoms with Crippen LogP contribution in [0.25, 0.3) is 0 Å². The lowest BCUT2D eigenvalue weighted by molar-refractivity contribution is -0.138. The summed E-state index contributed by atoms with van der Waals surface area (Å²) >= 11 is 1.41. The zero-order valence-corrected chi connectivity index (χ0v) is 18.9. The lowest BCUT2D eigenvalue weighted by Gasteiger charge is -2.35. The van der Waals surface area contributed by atoms with Gasteiger partial charge in [0.25, 0.3) is 5.91 Å². The molecule has 3 heterocycles. The number of piperidine rings is 2. The number of hydrogen-bond donors (Lipinski definition) is 2. The number of carbonyl (C=O) groups excluding carboxylic acids is 4. The van der Waals surface area contributed by atoms with Crippen molar-refractivity contribution in [2.24, 2.45) is 5.92 Å². The topological polar surface area (TPSA) is 95.6 Å². The maximum atomic E-state index is 12.9. The zero-order chi connectivity index (χ0) is 22.7. The highest BCUT2D eigenvalue weighted by Crippen LogP contribution is 2.36. The molecular weight excluding hydrogens is 426 g/mol. The highest BCUT2D eigenvalue weighted by molar-refractivity contribution is 7.12. The SMILES string of the molecule is CCC1(c2ccc(NC(=O)C3CCCN(C(=O)c4cccs4)C3)cc2)CCC(=O)NC1=O. The van der Waals surface area contributed by atoms with Crippen molar-refractivity contribution >= 4 is 40.7 Å². The fourth-order valence-corrected chi connectivity index (χ4v) is 5.31. The highest BCUT2D eigenvalue weighted by atomic mass is 32.1.